The Hall–Kier alpha value is -1.34. The van der Waals surface area contributed by atoms with Crippen LogP contribution >= 0.6 is 0 Å². The third-order valence-corrected chi connectivity index (χ3v) is 1.23. The summed E-state index contributed by atoms with van der Waals surface area (Å²) in [4.78, 5) is 10.4. The van der Waals surface area contributed by atoms with Crippen LogP contribution in [-0.2, 0) is 9.53 Å². The van der Waals surface area contributed by atoms with E-state index in [-0.39, 0.29) is 12.0 Å². The molecule has 0 aliphatic carbocycles. The highest BCUT2D eigenvalue weighted by Crippen LogP contribution is 2.00. The average molecular weight is 169 g/mol. The quantitative estimate of drug-likeness (QED) is 0.378. The predicted octanol–water partition coefficient (Wildman–Crippen LogP) is 0.948. The van der Waals surface area contributed by atoms with Crippen LogP contribution in [0.1, 0.15) is 13.3 Å². The fraction of sp³-hybridized carbons (Fsp3) is 0.500. The average Bonchev–Trinajstić information content (AvgIpc) is 2.03. The van der Waals surface area contributed by atoms with Gasteiger partial charge in [-0.05, 0) is 6.92 Å². The van der Waals surface area contributed by atoms with Crippen molar-refractivity contribution in [3.05, 3.63) is 11.6 Å². The lowest BCUT2D eigenvalue weighted by molar-refractivity contribution is -0.132. The molecule has 0 rings (SSSR count). The summed E-state index contributed by atoms with van der Waals surface area (Å²) in [5.74, 6) is -1.06. The molecule has 4 heteroatoms. The molecule has 0 aliphatic heterocycles. The number of nitriles is 1. The fourth-order valence-electron chi connectivity index (χ4n) is 0.645. The number of aliphatic carboxylic acids is 1. The lowest BCUT2D eigenvalue weighted by Gasteiger charge is -2.00. The van der Waals surface area contributed by atoms with E-state index in [0.717, 1.165) is 6.08 Å². The van der Waals surface area contributed by atoms with Crippen molar-refractivity contribution in [1.82, 2.24) is 0 Å². The predicted molar refractivity (Wildman–Crippen MR) is 42.4 cm³/mol. The molecule has 0 bridgehead atoms. The Balaban J connectivity index is 3.91. The minimum atomic E-state index is -1.06. The standard InChI is InChI=1S/C8H11NO3/c1-2-12-6-4-7(3-5-9)8(10)11/h3H,2,4,6H2,1H3,(H,10,11)/b7-3-. The van der Waals surface area contributed by atoms with Crippen molar-refractivity contribution < 1.29 is 14.6 Å². The van der Waals surface area contributed by atoms with Gasteiger partial charge in [-0.2, -0.15) is 5.26 Å². The molecule has 0 aromatic heterocycles. The van der Waals surface area contributed by atoms with Gasteiger partial charge in [0.1, 0.15) is 0 Å². The number of ether oxygens (including phenoxy) is 1. The second-order valence-electron chi connectivity index (χ2n) is 2.05. The van der Waals surface area contributed by atoms with Crippen LogP contribution in [0.5, 0.6) is 0 Å². The van der Waals surface area contributed by atoms with E-state index < -0.39 is 5.97 Å². The van der Waals surface area contributed by atoms with Crippen molar-refractivity contribution in [3.63, 3.8) is 0 Å². The van der Waals surface area contributed by atoms with Gasteiger partial charge in [-0.3, -0.25) is 0 Å². The number of hydrogen-bond acceptors (Lipinski definition) is 3. The summed E-state index contributed by atoms with van der Waals surface area (Å²) in [6, 6.07) is 1.68. The highest BCUT2D eigenvalue weighted by atomic mass is 16.5. The Labute approximate surface area is 71.1 Å². The number of nitrogens with zero attached hydrogens (tertiary/aromatic N) is 1. The second kappa shape index (κ2) is 6.38. The molecule has 0 saturated heterocycles. The monoisotopic (exact) mass is 169 g/mol. The summed E-state index contributed by atoms with van der Waals surface area (Å²) in [6.07, 6.45) is 1.30. The first-order valence-corrected chi connectivity index (χ1v) is 3.62. The topological polar surface area (TPSA) is 70.3 Å². The van der Waals surface area contributed by atoms with Gasteiger partial charge in [0.25, 0.3) is 0 Å². The smallest absolute Gasteiger partial charge is 0.332 e. The summed E-state index contributed by atoms with van der Waals surface area (Å²) in [5, 5.41) is 16.7. The zero-order chi connectivity index (χ0) is 9.40. The van der Waals surface area contributed by atoms with Crippen molar-refractivity contribution in [3.8, 4) is 6.07 Å². The first-order valence-electron chi connectivity index (χ1n) is 3.62. The van der Waals surface area contributed by atoms with Crippen LogP contribution in [0.4, 0.5) is 0 Å². The van der Waals surface area contributed by atoms with Gasteiger partial charge in [0.2, 0.25) is 0 Å². The molecule has 0 atom stereocenters. The SMILES string of the molecule is CCOCC/C(=C/C#N)C(=O)O. The largest absolute Gasteiger partial charge is 0.478 e. The lowest BCUT2D eigenvalue weighted by Crippen LogP contribution is -2.04. The zero-order valence-electron chi connectivity index (χ0n) is 6.91. The molecule has 0 amide bonds. The van der Waals surface area contributed by atoms with Crippen LogP contribution in [0.25, 0.3) is 0 Å². The van der Waals surface area contributed by atoms with Crippen molar-refractivity contribution >= 4 is 5.97 Å². The van der Waals surface area contributed by atoms with Crippen LogP contribution in [0, 0.1) is 11.3 Å². The number of hydrogen-bond donors (Lipinski definition) is 1. The molecule has 1 N–H and O–H groups in total. The first kappa shape index (κ1) is 10.7. The van der Waals surface area contributed by atoms with Crippen molar-refractivity contribution in [1.29, 1.82) is 5.26 Å². The van der Waals surface area contributed by atoms with Crippen LogP contribution in [0.15, 0.2) is 11.6 Å². The van der Waals surface area contributed by atoms with Gasteiger partial charge in [0, 0.05) is 24.7 Å². The molecule has 0 spiro atoms. The summed E-state index contributed by atoms with van der Waals surface area (Å²) in [7, 11) is 0. The number of carboxylic acids is 1. The molecule has 0 heterocycles. The van der Waals surface area contributed by atoms with Gasteiger partial charge in [-0.25, -0.2) is 4.79 Å². The minimum Gasteiger partial charge on any atom is -0.478 e. The normalized spacial score (nSPS) is 10.8. The highest BCUT2D eigenvalue weighted by Gasteiger charge is 2.05. The maximum atomic E-state index is 10.4. The Kier molecular flexibility index (Phi) is 5.66. The van der Waals surface area contributed by atoms with Crippen molar-refractivity contribution in [2.45, 2.75) is 13.3 Å². The van der Waals surface area contributed by atoms with E-state index in [1.165, 1.54) is 0 Å². The number of allylic oxidation sites excluding steroid dienone is 1. The number of carbonyl (C=O) groups is 1. The summed E-state index contributed by atoms with van der Waals surface area (Å²) in [6.45, 7) is 2.73. The van der Waals surface area contributed by atoms with Crippen LogP contribution in [-0.4, -0.2) is 24.3 Å². The van der Waals surface area contributed by atoms with Gasteiger partial charge >= 0.3 is 5.97 Å². The molecule has 0 aliphatic rings. The Morgan fingerprint density at radius 1 is 1.75 bits per heavy atom. The summed E-state index contributed by atoms with van der Waals surface area (Å²) >= 11 is 0. The number of carboxylic acid groups (broad SMARTS) is 1. The fourth-order valence-corrected chi connectivity index (χ4v) is 0.645. The lowest BCUT2D eigenvalue weighted by atomic mass is 10.2. The van der Waals surface area contributed by atoms with Crippen molar-refractivity contribution in [2.24, 2.45) is 0 Å². The van der Waals surface area contributed by atoms with Crippen LogP contribution in [0.2, 0.25) is 0 Å². The maximum Gasteiger partial charge on any atom is 0.332 e. The molecule has 0 aromatic rings. The maximum absolute atomic E-state index is 10.4. The van der Waals surface area contributed by atoms with Gasteiger partial charge in [0.05, 0.1) is 12.7 Å². The third kappa shape index (κ3) is 4.47. The third-order valence-electron chi connectivity index (χ3n) is 1.23. The Morgan fingerprint density at radius 2 is 2.42 bits per heavy atom. The van der Waals surface area contributed by atoms with E-state index in [1.54, 1.807) is 6.07 Å². The minimum absolute atomic E-state index is 0.0888. The molecule has 4 nitrogen and oxygen atoms in total. The number of rotatable bonds is 5. The van der Waals surface area contributed by atoms with Crippen LogP contribution in [0.3, 0.4) is 0 Å². The molecular weight excluding hydrogens is 158 g/mol. The molecule has 0 aromatic carbocycles. The Morgan fingerprint density at radius 3 is 2.83 bits per heavy atom. The molecule has 66 valence electrons. The summed E-state index contributed by atoms with van der Waals surface area (Å²) in [5.41, 5.74) is 0.0888. The molecular formula is C8H11NO3. The highest BCUT2D eigenvalue weighted by molar-refractivity contribution is 5.87. The van der Waals surface area contributed by atoms with Gasteiger partial charge in [-0.1, -0.05) is 0 Å². The Bertz CT molecular complexity index is 215. The van der Waals surface area contributed by atoms with Crippen molar-refractivity contribution in [2.75, 3.05) is 13.2 Å². The van der Waals surface area contributed by atoms with E-state index >= 15 is 0 Å². The van der Waals surface area contributed by atoms with E-state index in [0.29, 0.717) is 13.2 Å². The second-order valence-corrected chi connectivity index (χ2v) is 2.05. The molecule has 0 radical (unpaired) electrons. The van der Waals surface area contributed by atoms with E-state index in [1.807, 2.05) is 6.92 Å². The van der Waals surface area contributed by atoms with E-state index in [2.05, 4.69) is 0 Å². The molecule has 12 heavy (non-hydrogen) atoms. The zero-order valence-corrected chi connectivity index (χ0v) is 6.91. The van der Waals surface area contributed by atoms with Crippen LogP contribution < -0.4 is 0 Å². The van der Waals surface area contributed by atoms with Gasteiger partial charge in [0.15, 0.2) is 0 Å². The van der Waals surface area contributed by atoms with E-state index in [4.69, 9.17) is 15.1 Å². The molecule has 0 unspecified atom stereocenters. The van der Waals surface area contributed by atoms with E-state index in [9.17, 15) is 4.79 Å². The molecule has 0 saturated carbocycles. The van der Waals surface area contributed by atoms with Gasteiger partial charge in [-0.15, -0.1) is 0 Å². The molecule has 0 fully saturated rings. The summed E-state index contributed by atoms with van der Waals surface area (Å²) < 4.78 is 4.95. The van der Waals surface area contributed by atoms with Gasteiger partial charge < -0.3 is 9.84 Å². The first-order chi connectivity index (χ1) is 5.72.